The summed E-state index contributed by atoms with van der Waals surface area (Å²) in [5.74, 6) is 1.42. The predicted octanol–water partition coefficient (Wildman–Crippen LogP) is 3.72. The quantitative estimate of drug-likeness (QED) is 0.841. The Balaban J connectivity index is 1.41. The van der Waals surface area contributed by atoms with E-state index >= 15 is 0 Å². The van der Waals surface area contributed by atoms with E-state index in [2.05, 4.69) is 25.6 Å². The van der Waals surface area contributed by atoms with Crippen LogP contribution in [0, 0.1) is 0 Å². The van der Waals surface area contributed by atoms with Crippen LogP contribution in [0.2, 0.25) is 0 Å². The van der Waals surface area contributed by atoms with E-state index < -0.39 is 0 Å². The summed E-state index contributed by atoms with van der Waals surface area (Å²) in [4.78, 5) is 13.0. The van der Waals surface area contributed by atoms with Gasteiger partial charge in [-0.2, -0.15) is 0 Å². The number of hydrogen-bond acceptors (Lipinski definition) is 5. The second-order valence-corrected chi connectivity index (χ2v) is 8.72. The van der Waals surface area contributed by atoms with Crippen molar-refractivity contribution < 1.29 is 0 Å². The third-order valence-electron chi connectivity index (χ3n) is 6.83. The Bertz CT molecular complexity index is 524. The monoisotopic (exact) mass is 357 g/mol. The summed E-state index contributed by atoms with van der Waals surface area (Å²) in [6, 6.07) is 2.58. The van der Waals surface area contributed by atoms with Gasteiger partial charge in [0.1, 0.15) is 18.5 Å². The van der Waals surface area contributed by atoms with Gasteiger partial charge in [0.15, 0.2) is 0 Å². The predicted molar refractivity (Wildman–Crippen MR) is 104 cm³/mol. The average Bonchev–Trinajstić information content (AvgIpc) is 2.70. The van der Waals surface area contributed by atoms with E-state index in [-0.39, 0.29) is 0 Å². The van der Waals surface area contributed by atoms with Crippen molar-refractivity contribution in [2.75, 3.05) is 0 Å². The highest BCUT2D eigenvalue weighted by Crippen LogP contribution is 2.33. The Morgan fingerprint density at radius 2 is 1.27 bits per heavy atom. The van der Waals surface area contributed by atoms with Gasteiger partial charge < -0.3 is 10.6 Å². The van der Waals surface area contributed by atoms with Gasteiger partial charge in [-0.25, -0.2) is 15.0 Å². The lowest BCUT2D eigenvalue weighted by atomic mass is 9.79. The molecule has 0 saturated heterocycles. The summed E-state index contributed by atoms with van der Waals surface area (Å²) in [6.07, 6.45) is 20.8. The molecule has 3 atom stereocenters. The van der Waals surface area contributed by atoms with Gasteiger partial charge in [-0.15, -0.1) is 0 Å². The fourth-order valence-electron chi connectivity index (χ4n) is 5.43. The molecule has 5 heteroatoms. The number of aromatic nitrogens is 3. The van der Waals surface area contributed by atoms with E-state index in [1.54, 1.807) is 12.7 Å². The van der Waals surface area contributed by atoms with Crippen molar-refractivity contribution in [2.45, 2.75) is 114 Å². The van der Waals surface area contributed by atoms with Crippen LogP contribution in [0.5, 0.6) is 0 Å². The first-order chi connectivity index (χ1) is 12.9. The minimum absolute atomic E-state index is 0.435. The zero-order chi connectivity index (χ0) is 17.6. The molecule has 0 aliphatic heterocycles. The summed E-state index contributed by atoms with van der Waals surface area (Å²) in [5, 5.41) is 8.04. The van der Waals surface area contributed by atoms with Crippen molar-refractivity contribution in [2.24, 2.45) is 0 Å². The molecule has 0 radical (unpaired) electrons. The summed E-state index contributed by atoms with van der Waals surface area (Å²) in [7, 11) is 0. The Morgan fingerprint density at radius 3 is 1.92 bits per heavy atom. The molecule has 1 heterocycles. The Hall–Kier alpha value is -1.07. The van der Waals surface area contributed by atoms with Crippen LogP contribution in [0.3, 0.4) is 0 Å². The third-order valence-corrected chi connectivity index (χ3v) is 6.83. The van der Waals surface area contributed by atoms with E-state index in [9.17, 15) is 0 Å². The first-order valence-electron chi connectivity index (χ1n) is 11.0. The summed E-state index contributed by atoms with van der Waals surface area (Å²) in [6.45, 7) is 0. The molecule has 2 N–H and O–H groups in total. The minimum Gasteiger partial charge on any atom is -0.311 e. The molecule has 0 aromatic carbocycles. The molecule has 1 aromatic rings. The van der Waals surface area contributed by atoms with Gasteiger partial charge in [0.2, 0.25) is 0 Å². The van der Waals surface area contributed by atoms with Crippen molar-refractivity contribution in [3.63, 3.8) is 0 Å². The molecular weight excluding hydrogens is 322 g/mol. The van der Waals surface area contributed by atoms with Crippen LogP contribution in [0.15, 0.2) is 12.7 Å². The molecule has 3 aliphatic carbocycles. The van der Waals surface area contributed by atoms with Gasteiger partial charge in [-0.05, 0) is 44.9 Å². The maximum Gasteiger partial charge on any atom is 0.136 e. The van der Waals surface area contributed by atoms with E-state index in [0.29, 0.717) is 24.0 Å². The maximum atomic E-state index is 4.50. The largest absolute Gasteiger partial charge is 0.311 e. The molecule has 1 aromatic heterocycles. The van der Waals surface area contributed by atoms with Gasteiger partial charge >= 0.3 is 0 Å². The lowest BCUT2D eigenvalue weighted by Crippen LogP contribution is -2.51. The third kappa shape index (κ3) is 4.80. The van der Waals surface area contributed by atoms with E-state index in [1.165, 1.54) is 83.5 Å². The molecule has 3 unspecified atom stereocenters. The van der Waals surface area contributed by atoms with Crippen molar-refractivity contribution in [1.29, 1.82) is 0 Å². The van der Waals surface area contributed by atoms with E-state index in [1.807, 2.05) is 0 Å². The highest BCUT2D eigenvalue weighted by Gasteiger charge is 2.35. The van der Waals surface area contributed by atoms with E-state index in [0.717, 1.165) is 11.9 Å². The van der Waals surface area contributed by atoms with Crippen molar-refractivity contribution in [3.8, 4) is 0 Å². The first kappa shape index (κ1) is 18.3. The van der Waals surface area contributed by atoms with Crippen molar-refractivity contribution in [3.05, 3.63) is 18.5 Å². The zero-order valence-electron chi connectivity index (χ0n) is 16.1. The van der Waals surface area contributed by atoms with Gasteiger partial charge in [0, 0.05) is 30.1 Å². The normalized spacial score (nSPS) is 31.8. The molecule has 3 saturated carbocycles. The van der Waals surface area contributed by atoms with Gasteiger partial charge in [-0.3, -0.25) is 0 Å². The smallest absolute Gasteiger partial charge is 0.136 e. The van der Waals surface area contributed by atoms with E-state index in [4.69, 9.17) is 0 Å². The molecule has 3 aliphatic rings. The fourth-order valence-corrected chi connectivity index (χ4v) is 5.43. The number of rotatable bonds is 5. The molecule has 0 spiro atoms. The number of hydrogen-bond donors (Lipinski definition) is 2. The summed E-state index contributed by atoms with van der Waals surface area (Å²) in [5.41, 5.74) is 0. The summed E-state index contributed by atoms with van der Waals surface area (Å²) >= 11 is 0. The highest BCUT2D eigenvalue weighted by atomic mass is 15.0. The Morgan fingerprint density at radius 1 is 0.654 bits per heavy atom. The van der Waals surface area contributed by atoms with Crippen LogP contribution in [0.1, 0.15) is 95.2 Å². The fraction of sp³-hybridized carbons (Fsp3) is 0.857. The molecule has 0 amide bonds. The second kappa shape index (κ2) is 9.23. The van der Waals surface area contributed by atoms with Crippen LogP contribution in [-0.2, 0) is 0 Å². The molecule has 26 heavy (non-hydrogen) atoms. The maximum absolute atomic E-state index is 4.50. The lowest BCUT2D eigenvalue weighted by molar-refractivity contribution is 0.210. The van der Waals surface area contributed by atoms with Crippen LogP contribution < -0.4 is 10.6 Å². The minimum atomic E-state index is 0.435. The molecule has 5 nitrogen and oxygen atoms in total. The standard InChI is InChI=1S/C21H35N5/c1-3-7-16(8-4-1)25-18-11-12-19(21-23-14-22-15-24-21)20(13-18)26-17-9-5-2-6-10-17/h14-20,25-26H,1-13H2. The lowest BCUT2D eigenvalue weighted by Gasteiger charge is -2.40. The molecule has 4 rings (SSSR count). The van der Waals surface area contributed by atoms with Crippen LogP contribution in [-0.4, -0.2) is 39.1 Å². The molecule has 144 valence electrons. The SMILES string of the molecule is c1ncnc(C2CCC(NC3CCCCC3)CC2NC2CCCCC2)n1. The second-order valence-electron chi connectivity index (χ2n) is 8.72. The molecular formula is C21H35N5. The summed E-state index contributed by atoms with van der Waals surface area (Å²) < 4.78 is 0. The highest BCUT2D eigenvalue weighted by molar-refractivity contribution is 5.05. The van der Waals surface area contributed by atoms with Gasteiger partial charge in [0.05, 0.1) is 0 Å². The van der Waals surface area contributed by atoms with Crippen LogP contribution in [0.4, 0.5) is 0 Å². The number of nitrogens with one attached hydrogen (secondary N) is 2. The zero-order valence-corrected chi connectivity index (χ0v) is 16.1. The first-order valence-corrected chi connectivity index (χ1v) is 11.0. The van der Waals surface area contributed by atoms with Gasteiger partial charge in [0.25, 0.3) is 0 Å². The average molecular weight is 358 g/mol. The Labute approximate surface area is 158 Å². The van der Waals surface area contributed by atoms with Crippen molar-refractivity contribution in [1.82, 2.24) is 25.6 Å². The topological polar surface area (TPSA) is 62.7 Å². The molecule has 3 fully saturated rings. The number of nitrogens with zero attached hydrogens (tertiary/aromatic N) is 3. The molecule has 0 bridgehead atoms. The van der Waals surface area contributed by atoms with Crippen LogP contribution >= 0.6 is 0 Å². The van der Waals surface area contributed by atoms with Gasteiger partial charge in [-0.1, -0.05) is 38.5 Å². The van der Waals surface area contributed by atoms with Crippen LogP contribution in [0.25, 0.3) is 0 Å². The van der Waals surface area contributed by atoms with Crippen molar-refractivity contribution >= 4 is 0 Å². The Kier molecular flexibility index (Phi) is 6.49.